The maximum Gasteiger partial charge on any atom is 0.336 e. The van der Waals surface area contributed by atoms with E-state index >= 15 is 0 Å². The molecule has 2 aliphatic rings. The molecule has 1 N–H and O–H groups in total. The summed E-state index contributed by atoms with van der Waals surface area (Å²) in [5, 5.41) is 11.2. The van der Waals surface area contributed by atoms with E-state index in [1.54, 1.807) is 12.1 Å². The quantitative estimate of drug-likeness (QED) is 0.638. The number of hydrogen-bond acceptors (Lipinski definition) is 4. The van der Waals surface area contributed by atoms with E-state index in [2.05, 4.69) is 26.8 Å². The Labute approximate surface area is 159 Å². The fourth-order valence-corrected chi connectivity index (χ4v) is 5.30. The summed E-state index contributed by atoms with van der Waals surface area (Å²) in [6.45, 7) is 7.35. The molecule has 144 valence electrons. The molecule has 27 heavy (non-hydrogen) atoms. The number of ether oxygens (including phenoxy) is 1. The molecule has 1 fully saturated rings. The SMILES string of the molecule is CC1=CC[C@@H]2[C@@H](C)[C@@H](O)CC[C@]2(C)[C@H]1COc1ccc2ccc(=O)oc2c1. The number of rotatable bonds is 3. The average molecular weight is 368 g/mol. The number of hydrogen-bond donors (Lipinski definition) is 1. The minimum atomic E-state index is -0.351. The third-order valence-electron chi connectivity index (χ3n) is 7.12. The van der Waals surface area contributed by atoms with Crippen LogP contribution in [-0.4, -0.2) is 17.8 Å². The van der Waals surface area contributed by atoms with E-state index in [-0.39, 0.29) is 17.1 Å². The first-order valence-electron chi connectivity index (χ1n) is 9.90. The fourth-order valence-electron chi connectivity index (χ4n) is 5.30. The summed E-state index contributed by atoms with van der Waals surface area (Å²) < 4.78 is 11.4. The van der Waals surface area contributed by atoms with Crippen LogP contribution in [0.5, 0.6) is 5.75 Å². The molecule has 2 aromatic rings. The lowest BCUT2D eigenvalue weighted by Gasteiger charge is -2.53. The van der Waals surface area contributed by atoms with Crippen molar-refractivity contribution >= 4 is 11.0 Å². The normalized spacial score (nSPS) is 33.4. The number of aliphatic hydroxyl groups excluding tert-OH is 1. The standard InChI is InChI=1S/C23H28O4/c1-14-4-8-18-15(2)20(24)10-11-23(18,3)19(14)13-26-17-7-5-16-6-9-22(25)27-21(16)12-17/h4-7,9,12,15,18-20,24H,8,10-11,13H2,1-3H3/t15-,18-,19+,20+,23+/m1/s1. The van der Waals surface area contributed by atoms with Crippen molar-refractivity contribution in [1.29, 1.82) is 0 Å². The van der Waals surface area contributed by atoms with Gasteiger partial charge in [-0.3, -0.25) is 0 Å². The minimum absolute atomic E-state index is 0.140. The summed E-state index contributed by atoms with van der Waals surface area (Å²) in [6.07, 6.45) is 5.06. The van der Waals surface area contributed by atoms with E-state index in [4.69, 9.17) is 9.15 Å². The Bertz CT molecular complexity index is 927. The third-order valence-corrected chi connectivity index (χ3v) is 7.12. The van der Waals surface area contributed by atoms with E-state index in [1.807, 2.05) is 12.1 Å². The van der Waals surface area contributed by atoms with E-state index in [0.29, 0.717) is 29.9 Å². The molecule has 0 spiro atoms. The molecule has 0 saturated heterocycles. The lowest BCUT2D eigenvalue weighted by Crippen LogP contribution is -2.50. The molecular formula is C23H28O4. The van der Waals surface area contributed by atoms with Gasteiger partial charge < -0.3 is 14.3 Å². The highest BCUT2D eigenvalue weighted by atomic mass is 16.5. The van der Waals surface area contributed by atoms with Crippen LogP contribution in [0.15, 0.2) is 51.2 Å². The zero-order valence-corrected chi connectivity index (χ0v) is 16.3. The largest absolute Gasteiger partial charge is 0.493 e. The van der Waals surface area contributed by atoms with Crippen molar-refractivity contribution in [2.45, 2.75) is 46.1 Å². The van der Waals surface area contributed by atoms with Crippen LogP contribution in [-0.2, 0) is 0 Å². The van der Waals surface area contributed by atoms with E-state index < -0.39 is 0 Å². The van der Waals surface area contributed by atoms with Crippen molar-refractivity contribution in [1.82, 2.24) is 0 Å². The number of benzene rings is 1. The smallest absolute Gasteiger partial charge is 0.336 e. The van der Waals surface area contributed by atoms with Crippen molar-refractivity contribution in [3.05, 3.63) is 52.4 Å². The maximum absolute atomic E-state index is 11.5. The highest BCUT2D eigenvalue weighted by Crippen LogP contribution is 2.55. The average Bonchev–Trinajstić information content (AvgIpc) is 2.64. The van der Waals surface area contributed by atoms with Gasteiger partial charge in [0.2, 0.25) is 0 Å². The van der Waals surface area contributed by atoms with Crippen molar-refractivity contribution in [3.8, 4) is 5.75 Å². The molecule has 5 atom stereocenters. The molecule has 4 nitrogen and oxygen atoms in total. The van der Waals surface area contributed by atoms with Crippen LogP contribution in [0.25, 0.3) is 11.0 Å². The van der Waals surface area contributed by atoms with Gasteiger partial charge in [-0.2, -0.15) is 0 Å². The molecule has 1 aromatic carbocycles. The number of allylic oxidation sites excluding steroid dienone is 1. The van der Waals surface area contributed by atoms with Crippen LogP contribution in [0, 0.1) is 23.2 Å². The monoisotopic (exact) mass is 368 g/mol. The minimum Gasteiger partial charge on any atom is -0.493 e. The zero-order chi connectivity index (χ0) is 19.2. The number of aliphatic hydroxyl groups is 1. The van der Waals surface area contributed by atoms with Gasteiger partial charge in [0.05, 0.1) is 12.7 Å². The van der Waals surface area contributed by atoms with Gasteiger partial charge in [0.1, 0.15) is 11.3 Å². The highest BCUT2D eigenvalue weighted by molar-refractivity contribution is 5.77. The highest BCUT2D eigenvalue weighted by Gasteiger charge is 2.50. The second-order valence-electron chi connectivity index (χ2n) is 8.58. The predicted octanol–water partition coefficient (Wildman–Crippen LogP) is 4.55. The van der Waals surface area contributed by atoms with Crippen molar-refractivity contribution < 1.29 is 14.3 Å². The molecule has 2 aliphatic carbocycles. The van der Waals surface area contributed by atoms with Gasteiger partial charge in [-0.15, -0.1) is 0 Å². The van der Waals surface area contributed by atoms with E-state index in [9.17, 15) is 9.90 Å². The van der Waals surface area contributed by atoms with E-state index in [1.165, 1.54) is 11.6 Å². The Morgan fingerprint density at radius 3 is 2.89 bits per heavy atom. The molecule has 0 bridgehead atoms. The molecule has 1 heterocycles. The van der Waals surface area contributed by atoms with Gasteiger partial charge in [0, 0.05) is 23.4 Å². The second kappa shape index (κ2) is 6.83. The van der Waals surface area contributed by atoms with Gasteiger partial charge in [-0.05, 0) is 61.6 Å². The molecule has 1 aromatic heterocycles. The zero-order valence-electron chi connectivity index (χ0n) is 16.3. The Hall–Kier alpha value is -2.07. The molecule has 0 amide bonds. The molecule has 0 radical (unpaired) electrons. The Balaban J connectivity index is 1.57. The van der Waals surface area contributed by atoms with Crippen molar-refractivity contribution in [2.24, 2.45) is 23.2 Å². The molecule has 4 heteroatoms. The van der Waals surface area contributed by atoms with Crippen LogP contribution < -0.4 is 10.4 Å². The molecule has 0 aliphatic heterocycles. The van der Waals surface area contributed by atoms with Crippen LogP contribution in [0.3, 0.4) is 0 Å². The van der Waals surface area contributed by atoms with Crippen LogP contribution >= 0.6 is 0 Å². The summed E-state index contributed by atoms with van der Waals surface area (Å²) in [5.41, 5.74) is 1.72. The predicted molar refractivity (Wildman–Crippen MR) is 106 cm³/mol. The third kappa shape index (κ3) is 3.20. The molecule has 4 rings (SSSR count). The van der Waals surface area contributed by atoms with Crippen molar-refractivity contribution in [3.63, 3.8) is 0 Å². The first-order chi connectivity index (χ1) is 12.9. The summed E-state index contributed by atoms with van der Waals surface area (Å²) in [7, 11) is 0. The first-order valence-corrected chi connectivity index (χ1v) is 9.90. The first kappa shape index (κ1) is 18.3. The van der Waals surface area contributed by atoms with Gasteiger partial charge in [-0.25, -0.2) is 4.79 Å². The van der Waals surface area contributed by atoms with Crippen LogP contribution in [0.2, 0.25) is 0 Å². The lowest BCUT2D eigenvalue weighted by molar-refractivity contribution is -0.0671. The van der Waals surface area contributed by atoms with Crippen molar-refractivity contribution in [2.75, 3.05) is 6.61 Å². The van der Waals surface area contributed by atoms with Crippen LogP contribution in [0.4, 0.5) is 0 Å². The summed E-state index contributed by atoms with van der Waals surface area (Å²) in [6, 6.07) is 8.84. The number of fused-ring (bicyclic) bond motifs is 2. The summed E-state index contributed by atoms with van der Waals surface area (Å²) in [4.78, 5) is 11.5. The van der Waals surface area contributed by atoms with Gasteiger partial charge in [0.15, 0.2) is 0 Å². The van der Waals surface area contributed by atoms with Gasteiger partial charge in [-0.1, -0.05) is 25.5 Å². The fraction of sp³-hybridized carbons (Fsp3) is 0.522. The maximum atomic E-state index is 11.5. The van der Waals surface area contributed by atoms with Gasteiger partial charge in [0.25, 0.3) is 0 Å². The molecular weight excluding hydrogens is 340 g/mol. The van der Waals surface area contributed by atoms with Gasteiger partial charge >= 0.3 is 5.63 Å². The Kier molecular flexibility index (Phi) is 4.63. The summed E-state index contributed by atoms with van der Waals surface area (Å²) in [5.74, 6) is 1.84. The topological polar surface area (TPSA) is 59.7 Å². The Morgan fingerprint density at radius 2 is 2.07 bits per heavy atom. The molecule has 1 saturated carbocycles. The second-order valence-corrected chi connectivity index (χ2v) is 8.58. The van der Waals surface area contributed by atoms with Crippen LogP contribution in [0.1, 0.15) is 40.0 Å². The Morgan fingerprint density at radius 1 is 1.30 bits per heavy atom. The summed E-state index contributed by atoms with van der Waals surface area (Å²) >= 11 is 0. The molecule has 0 unspecified atom stereocenters. The van der Waals surface area contributed by atoms with E-state index in [0.717, 1.165) is 30.4 Å². The lowest BCUT2D eigenvalue weighted by atomic mass is 9.52.